The molecule has 23 heavy (non-hydrogen) atoms. The predicted octanol–water partition coefficient (Wildman–Crippen LogP) is 2.38. The summed E-state index contributed by atoms with van der Waals surface area (Å²) in [5.41, 5.74) is 1.55. The van der Waals surface area contributed by atoms with Gasteiger partial charge >= 0.3 is 0 Å². The van der Waals surface area contributed by atoms with Gasteiger partial charge in [-0.1, -0.05) is 30.3 Å². The summed E-state index contributed by atoms with van der Waals surface area (Å²) < 4.78 is 5.57. The summed E-state index contributed by atoms with van der Waals surface area (Å²) in [6, 6.07) is 16.4. The zero-order valence-electron chi connectivity index (χ0n) is 13.2. The van der Waals surface area contributed by atoms with Crippen molar-refractivity contribution >= 4 is 17.5 Å². The lowest BCUT2D eigenvalue weighted by Gasteiger charge is -2.14. The number of hydrogen-bond donors (Lipinski definition) is 2. The summed E-state index contributed by atoms with van der Waals surface area (Å²) >= 11 is 0. The predicted molar refractivity (Wildman–Crippen MR) is 89.4 cm³/mol. The number of rotatable bonds is 6. The Morgan fingerprint density at radius 3 is 2.30 bits per heavy atom. The smallest absolute Gasteiger partial charge is 0.265 e. The molecule has 0 radical (unpaired) electrons. The van der Waals surface area contributed by atoms with Gasteiger partial charge in [0, 0.05) is 12.7 Å². The molecule has 2 rings (SSSR count). The van der Waals surface area contributed by atoms with Gasteiger partial charge in [0.1, 0.15) is 5.75 Å². The Bertz CT molecular complexity index is 654. The highest BCUT2D eigenvalue weighted by molar-refractivity contribution is 5.94. The molecule has 2 amide bonds. The molecule has 0 aliphatic rings. The molecule has 2 aromatic carbocycles. The Labute approximate surface area is 135 Å². The molecule has 0 saturated carbocycles. The second kappa shape index (κ2) is 7.98. The van der Waals surface area contributed by atoms with Crippen LogP contribution in [-0.2, 0) is 16.0 Å². The average Bonchev–Trinajstić information content (AvgIpc) is 2.57. The first-order valence-electron chi connectivity index (χ1n) is 7.40. The highest BCUT2D eigenvalue weighted by atomic mass is 16.5. The Hall–Kier alpha value is -2.82. The van der Waals surface area contributed by atoms with Crippen LogP contribution in [0.5, 0.6) is 5.75 Å². The van der Waals surface area contributed by atoms with E-state index in [9.17, 15) is 9.59 Å². The van der Waals surface area contributed by atoms with Crippen LogP contribution < -0.4 is 15.4 Å². The molecule has 0 aromatic heterocycles. The van der Waals surface area contributed by atoms with Gasteiger partial charge in [-0.15, -0.1) is 0 Å². The number of hydrogen-bond acceptors (Lipinski definition) is 3. The third-order valence-electron chi connectivity index (χ3n) is 3.29. The van der Waals surface area contributed by atoms with Crippen LogP contribution in [0.4, 0.5) is 5.69 Å². The highest BCUT2D eigenvalue weighted by Crippen LogP contribution is 2.14. The van der Waals surface area contributed by atoms with Crippen molar-refractivity contribution in [2.24, 2.45) is 0 Å². The second-order valence-electron chi connectivity index (χ2n) is 5.11. The van der Waals surface area contributed by atoms with Crippen molar-refractivity contribution in [3.63, 3.8) is 0 Å². The molecule has 0 saturated heterocycles. The first-order valence-corrected chi connectivity index (χ1v) is 7.40. The third kappa shape index (κ3) is 5.14. The van der Waals surface area contributed by atoms with Gasteiger partial charge in [0.25, 0.3) is 5.91 Å². The van der Waals surface area contributed by atoms with Gasteiger partial charge in [-0.25, -0.2) is 0 Å². The van der Waals surface area contributed by atoms with E-state index in [1.165, 1.54) is 0 Å². The van der Waals surface area contributed by atoms with Crippen LogP contribution in [0.15, 0.2) is 54.6 Å². The van der Waals surface area contributed by atoms with E-state index in [4.69, 9.17) is 4.74 Å². The molecule has 0 spiro atoms. The average molecular weight is 312 g/mol. The molecular weight excluding hydrogens is 292 g/mol. The van der Waals surface area contributed by atoms with Gasteiger partial charge in [0.15, 0.2) is 6.10 Å². The highest BCUT2D eigenvalue weighted by Gasteiger charge is 2.14. The fourth-order valence-electron chi connectivity index (χ4n) is 1.98. The Balaban J connectivity index is 1.90. The van der Waals surface area contributed by atoms with Crippen molar-refractivity contribution in [2.75, 3.05) is 12.4 Å². The van der Waals surface area contributed by atoms with E-state index in [0.29, 0.717) is 17.9 Å². The van der Waals surface area contributed by atoms with Crippen LogP contribution >= 0.6 is 0 Å². The number of amides is 2. The summed E-state index contributed by atoms with van der Waals surface area (Å²) in [6.45, 7) is 1.70. The van der Waals surface area contributed by atoms with Gasteiger partial charge in [0.05, 0.1) is 6.42 Å². The minimum atomic E-state index is -0.608. The van der Waals surface area contributed by atoms with Crippen molar-refractivity contribution < 1.29 is 14.3 Å². The van der Waals surface area contributed by atoms with E-state index in [1.807, 2.05) is 30.3 Å². The maximum absolute atomic E-state index is 12.1. The molecule has 5 heteroatoms. The lowest BCUT2D eigenvalue weighted by atomic mass is 10.1. The van der Waals surface area contributed by atoms with Crippen LogP contribution in [0, 0.1) is 0 Å². The standard InChI is InChI=1S/C18H20N2O3/c1-13(23-16-6-4-3-5-7-16)18(22)20-15-10-8-14(9-11-15)12-17(21)19-2/h3-11,13H,12H2,1-2H3,(H,19,21)(H,20,22)/t13-/m0/s1. The maximum atomic E-state index is 12.1. The van der Waals surface area contributed by atoms with Crippen LogP contribution in [0.2, 0.25) is 0 Å². The Morgan fingerprint density at radius 2 is 1.70 bits per heavy atom. The molecule has 5 nitrogen and oxygen atoms in total. The number of likely N-dealkylation sites (N-methyl/N-ethyl adjacent to an activating group) is 1. The van der Waals surface area contributed by atoms with Crippen molar-refractivity contribution in [2.45, 2.75) is 19.4 Å². The van der Waals surface area contributed by atoms with E-state index in [1.54, 1.807) is 38.2 Å². The molecule has 2 aromatic rings. The van der Waals surface area contributed by atoms with Crippen LogP contribution in [0.1, 0.15) is 12.5 Å². The maximum Gasteiger partial charge on any atom is 0.265 e. The fraction of sp³-hybridized carbons (Fsp3) is 0.222. The SMILES string of the molecule is CNC(=O)Cc1ccc(NC(=O)[C@H](C)Oc2ccccc2)cc1. The molecule has 0 unspecified atom stereocenters. The van der Waals surface area contributed by atoms with E-state index in [-0.39, 0.29) is 11.8 Å². The van der Waals surface area contributed by atoms with Crippen LogP contribution in [0.25, 0.3) is 0 Å². The van der Waals surface area contributed by atoms with Gasteiger partial charge in [-0.3, -0.25) is 9.59 Å². The van der Waals surface area contributed by atoms with Gasteiger partial charge in [-0.05, 0) is 36.8 Å². The molecule has 0 heterocycles. The van der Waals surface area contributed by atoms with Gasteiger partial charge < -0.3 is 15.4 Å². The minimum Gasteiger partial charge on any atom is -0.481 e. The van der Waals surface area contributed by atoms with E-state index < -0.39 is 6.10 Å². The van der Waals surface area contributed by atoms with E-state index >= 15 is 0 Å². The third-order valence-corrected chi connectivity index (χ3v) is 3.29. The van der Waals surface area contributed by atoms with Gasteiger partial charge in [-0.2, -0.15) is 0 Å². The van der Waals surface area contributed by atoms with Crippen LogP contribution in [0.3, 0.4) is 0 Å². The summed E-state index contributed by atoms with van der Waals surface area (Å²) in [5, 5.41) is 5.37. The summed E-state index contributed by atoms with van der Waals surface area (Å²) in [6.07, 6.45) is -0.291. The Kier molecular flexibility index (Phi) is 5.74. The first kappa shape index (κ1) is 16.5. The van der Waals surface area contributed by atoms with Crippen molar-refractivity contribution in [1.82, 2.24) is 5.32 Å². The Morgan fingerprint density at radius 1 is 1.04 bits per heavy atom. The molecule has 0 bridgehead atoms. The molecular formula is C18H20N2O3. The quantitative estimate of drug-likeness (QED) is 0.860. The monoisotopic (exact) mass is 312 g/mol. The first-order chi connectivity index (χ1) is 11.1. The topological polar surface area (TPSA) is 67.4 Å². The number of ether oxygens (including phenoxy) is 1. The number of benzene rings is 2. The fourth-order valence-corrected chi connectivity index (χ4v) is 1.98. The lowest BCUT2D eigenvalue weighted by molar-refractivity contribution is -0.122. The second-order valence-corrected chi connectivity index (χ2v) is 5.11. The number of carbonyl (C=O) groups excluding carboxylic acids is 2. The van der Waals surface area contributed by atoms with Crippen molar-refractivity contribution in [3.05, 3.63) is 60.2 Å². The number of nitrogens with one attached hydrogen (secondary N) is 2. The molecule has 0 aliphatic heterocycles. The van der Waals surface area contributed by atoms with E-state index in [2.05, 4.69) is 10.6 Å². The molecule has 2 N–H and O–H groups in total. The van der Waals surface area contributed by atoms with Crippen molar-refractivity contribution in [1.29, 1.82) is 0 Å². The normalized spacial score (nSPS) is 11.4. The zero-order chi connectivity index (χ0) is 16.7. The summed E-state index contributed by atoms with van der Waals surface area (Å²) in [7, 11) is 1.60. The zero-order valence-corrected chi connectivity index (χ0v) is 13.2. The van der Waals surface area contributed by atoms with Crippen LogP contribution in [-0.4, -0.2) is 25.0 Å². The van der Waals surface area contributed by atoms with Gasteiger partial charge in [0.2, 0.25) is 5.91 Å². The molecule has 1 atom stereocenters. The lowest BCUT2D eigenvalue weighted by Crippen LogP contribution is -2.30. The summed E-state index contributed by atoms with van der Waals surface area (Å²) in [5.74, 6) is 0.371. The minimum absolute atomic E-state index is 0.0494. The molecule has 0 fully saturated rings. The number of anilines is 1. The van der Waals surface area contributed by atoms with E-state index in [0.717, 1.165) is 5.56 Å². The summed E-state index contributed by atoms with van der Waals surface area (Å²) in [4.78, 5) is 23.4. The molecule has 120 valence electrons. The largest absolute Gasteiger partial charge is 0.481 e. The molecule has 0 aliphatic carbocycles. The van der Waals surface area contributed by atoms with Crippen molar-refractivity contribution in [3.8, 4) is 5.75 Å². The number of carbonyl (C=O) groups is 2. The number of para-hydroxylation sites is 1.